The zero-order chi connectivity index (χ0) is 14.4. The first-order valence-corrected chi connectivity index (χ1v) is 7.59. The highest BCUT2D eigenvalue weighted by Gasteiger charge is 2.03. The predicted octanol–water partition coefficient (Wildman–Crippen LogP) is 3.14. The molecule has 0 amide bonds. The molecule has 20 heavy (non-hydrogen) atoms. The topological polar surface area (TPSA) is 39.1 Å². The third kappa shape index (κ3) is 4.08. The monoisotopic (exact) mass is 337 g/mol. The third-order valence-corrected chi connectivity index (χ3v) is 3.88. The van der Waals surface area contributed by atoms with Crippen molar-refractivity contribution in [3.8, 4) is 5.75 Å². The minimum Gasteiger partial charge on any atom is -0.492 e. The number of aromatic nitrogens is 2. The fourth-order valence-corrected chi connectivity index (χ4v) is 2.32. The van der Waals surface area contributed by atoms with Crippen LogP contribution in [0, 0.1) is 6.92 Å². The van der Waals surface area contributed by atoms with Crippen molar-refractivity contribution in [2.45, 2.75) is 26.9 Å². The smallest absolute Gasteiger partial charge is 0.119 e. The molecular formula is C15H20BrN3O. The molecule has 0 radical (unpaired) electrons. The summed E-state index contributed by atoms with van der Waals surface area (Å²) in [6.07, 6.45) is 3.78. The van der Waals surface area contributed by atoms with Gasteiger partial charge >= 0.3 is 0 Å². The lowest BCUT2D eigenvalue weighted by atomic mass is 10.2. The van der Waals surface area contributed by atoms with E-state index in [1.165, 1.54) is 5.56 Å². The molecule has 2 aromatic rings. The number of rotatable bonds is 7. The van der Waals surface area contributed by atoms with E-state index in [0.717, 1.165) is 35.7 Å². The first kappa shape index (κ1) is 15.1. The molecular weight excluding hydrogens is 318 g/mol. The highest BCUT2D eigenvalue weighted by Crippen LogP contribution is 2.22. The molecule has 0 unspecified atom stereocenters. The lowest BCUT2D eigenvalue weighted by Gasteiger charge is -2.11. The van der Waals surface area contributed by atoms with Crippen LogP contribution in [0.15, 0.2) is 35.1 Å². The normalized spacial score (nSPS) is 10.8. The Bertz CT molecular complexity index is 554. The number of nitrogens with one attached hydrogen (secondary N) is 1. The molecule has 108 valence electrons. The van der Waals surface area contributed by atoms with Gasteiger partial charge in [-0.2, -0.15) is 0 Å². The Balaban J connectivity index is 1.91. The molecule has 5 heteroatoms. The van der Waals surface area contributed by atoms with Crippen LogP contribution in [0.2, 0.25) is 0 Å². The molecule has 1 aromatic carbocycles. The number of halogens is 1. The van der Waals surface area contributed by atoms with Gasteiger partial charge in [-0.25, -0.2) is 4.98 Å². The van der Waals surface area contributed by atoms with E-state index in [2.05, 4.69) is 43.8 Å². The van der Waals surface area contributed by atoms with Gasteiger partial charge in [0.15, 0.2) is 0 Å². The molecule has 0 atom stereocenters. The summed E-state index contributed by atoms with van der Waals surface area (Å²) < 4.78 is 9.00. The van der Waals surface area contributed by atoms with Crippen LogP contribution in [0.4, 0.5) is 0 Å². The molecule has 0 fully saturated rings. The summed E-state index contributed by atoms with van der Waals surface area (Å²) in [5, 5.41) is 3.32. The maximum absolute atomic E-state index is 5.81. The molecule has 0 saturated carbocycles. The quantitative estimate of drug-likeness (QED) is 0.843. The van der Waals surface area contributed by atoms with E-state index >= 15 is 0 Å². The zero-order valence-corrected chi connectivity index (χ0v) is 13.5. The number of hydrogen-bond acceptors (Lipinski definition) is 3. The van der Waals surface area contributed by atoms with Crippen LogP contribution in [-0.2, 0) is 13.1 Å². The maximum atomic E-state index is 5.81. The van der Waals surface area contributed by atoms with Gasteiger partial charge in [0.1, 0.15) is 18.2 Å². The van der Waals surface area contributed by atoms with E-state index in [0.29, 0.717) is 6.61 Å². The second kappa shape index (κ2) is 7.45. The number of nitrogens with zero attached hydrogens (tertiary/aromatic N) is 2. The first-order valence-electron chi connectivity index (χ1n) is 6.80. The van der Waals surface area contributed by atoms with Gasteiger partial charge in [-0.15, -0.1) is 0 Å². The maximum Gasteiger partial charge on any atom is 0.119 e. The third-order valence-electron chi connectivity index (χ3n) is 3.11. The van der Waals surface area contributed by atoms with Crippen LogP contribution in [-0.4, -0.2) is 22.7 Å². The number of imidazole rings is 1. The molecule has 0 aliphatic rings. The van der Waals surface area contributed by atoms with Crippen molar-refractivity contribution in [3.05, 3.63) is 46.5 Å². The number of hydrogen-bond donors (Lipinski definition) is 1. The summed E-state index contributed by atoms with van der Waals surface area (Å²) in [6, 6.07) is 6.10. The van der Waals surface area contributed by atoms with Gasteiger partial charge in [-0.1, -0.05) is 22.9 Å². The van der Waals surface area contributed by atoms with E-state index in [9.17, 15) is 0 Å². The summed E-state index contributed by atoms with van der Waals surface area (Å²) in [6.45, 7) is 7.34. The Hall–Kier alpha value is -1.33. The predicted molar refractivity (Wildman–Crippen MR) is 84.0 cm³/mol. The molecule has 0 aliphatic heterocycles. The fourth-order valence-electron chi connectivity index (χ4n) is 1.94. The largest absolute Gasteiger partial charge is 0.492 e. The SMILES string of the molecule is CCNCc1cc(OCCn2ccnc2C)ccc1Br. The highest BCUT2D eigenvalue weighted by molar-refractivity contribution is 9.10. The van der Waals surface area contributed by atoms with Crippen LogP contribution in [0.1, 0.15) is 18.3 Å². The molecule has 0 bridgehead atoms. The molecule has 0 spiro atoms. The second-order valence-electron chi connectivity index (χ2n) is 4.55. The van der Waals surface area contributed by atoms with Gasteiger partial charge in [0, 0.05) is 23.4 Å². The van der Waals surface area contributed by atoms with E-state index in [-0.39, 0.29) is 0 Å². The van der Waals surface area contributed by atoms with Crippen molar-refractivity contribution < 1.29 is 4.74 Å². The molecule has 1 aromatic heterocycles. The van der Waals surface area contributed by atoms with Crippen molar-refractivity contribution in [2.75, 3.05) is 13.2 Å². The Morgan fingerprint density at radius 2 is 2.25 bits per heavy atom. The van der Waals surface area contributed by atoms with Crippen molar-refractivity contribution in [1.82, 2.24) is 14.9 Å². The van der Waals surface area contributed by atoms with Crippen LogP contribution in [0.25, 0.3) is 0 Å². The van der Waals surface area contributed by atoms with Crippen molar-refractivity contribution >= 4 is 15.9 Å². The lowest BCUT2D eigenvalue weighted by Crippen LogP contribution is -2.12. The summed E-state index contributed by atoms with van der Waals surface area (Å²) >= 11 is 3.56. The van der Waals surface area contributed by atoms with Crippen molar-refractivity contribution in [1.29, 1.82) is 0 Å². The van der Waals surface area contributed by atoms with Gasteiger partial charge in [0.05, 0.1) is 6.54 Å². The number of benzene rings is 1. The van der Waals surface area contributed by atoms with E-state index in [1.807, 2.05) is 31.5 Å². The van der Waals surface area contributed by atoms with Gasteiger partial charge in [-0.3, -0.25) is 0 Å². The zero-order valence-electron chi connectivity index (χ0n) is 11.9. The summed E-state index contributed by atoms with van der Waals surface area (Å²) in [5.41, 5.74) is 1.21. The molecule has 1 heterocycles. The van der Waals surface area contributed by atoms with Gasteiger partial charge in [-0.05, 0) is 37.2 Å². The second-order valence-corrected chi connectivity index (χ2v) is 5.40. The van der Waals surface area contributed by atoms with Gasteiger partial charge in [0.25, 0.3) is 0 Å². The van der Waals surface area contributed by atoms with Gasteiger partial charge in [0.2, 0.25) is 0 Å². The first-order chi connectivity index (χ1) is 9.70. The minimum absolute atomic E-state index is 0.638. The molecule has 2 rings (SSSR count). The highest BCUT2D eigenvalue weighted by atomic mass is 79.9. The Kier molecular flexibility index (Phi) is 5.61. The molecule has 1 N–H and O–H groups in total. The molecule has 4 nitrogen and oxygen atoms in total. The standard InChI is InChI=1S/C15H20BrN3O/c1-3-17-11-13-10-14(4-5-15(13)16)20-9-8-19-7-6-18-12(19)2/h4-7,10,17H,3,8-9,11H2,1-2H3. The Morgan fingerprint density at radius 3 is 2.95 bits per heavy atom. The van der Waals surface area contributed by atoms with Crippen LogP contribution >= 0.6 is 15.9 Å². The summed E-state index contributed by atoms with van der Waals surface area (Å²) in [7, 11) is 0. The summed E-state index contributed by atoms with van der Waals surface area (Å²) in [4.78, 5) is 4.19. The Labute approximate surface area is 128 Å². The van der Waals surface area contributed by atoms with Crippen LogP contribution in [0.3, 0.4) is 0 Å². The Morgan fingerprint density at radius 1 is 1.40 bits per heavy atom. The van der Waals surface area contributed by atoms with Crippen LogP contribution < -0.4 is 10.1 Å². The van der Waals surface area contributed by atoms with Crippen molar-refractivity contribution in [2.24, 2.45) is 0 Å². The molecule has 0 saturated heterocycles. The van der Waals surface area contributed by atoms with Crippen molar-refractivity contribution in [3.63, 3.8) is 0 Å². The van der Waals surface area contributed by atoms with E-state index in [4.69, 9.17) is 4.74 Å². The lowest BCUT2D eigenvalue weighted by molar-refractivity contribution is 0.296. The van der Waals surface area contributed by atoms with Crippen LogP contribution in [0.5, 0.6) is 5.75 Å². The van der Waals surface area contributed by atoms with E-state index < -0.39 is 0 Å². The average molecular weight is 338 g/mol. The summed E-state index contributed by atoms with van der Waals surface area (Å²) in [5.74, 6) is 1.91. The average Bonchev–Trinajstić information content (AvgIpc) is 2.85. The fraction of sp³-hybridized carbons (Fsp3) is 0.400. The minimum atomic E-state index is 0.638. The molecule has 0 aliphatic carbocycles. The number of ether oxygens (including phenoxy) is 1. The van der Waals surface area contributed by atoms with Gasteiger partial charge < -0.3 is 14.6 Å². The van der Waals surface area contributed by atoms with E-state index in [1.54, 1.807) is 0 Å². The number of aryl methyl sites for hydroxylation is 1.